The molecule has 1 fully saturated rings. The van der Waals surface area contributed by atoms with E-state index in [1.165, 1.54) is 0 Å². The van der Waals surface area contributed by atoms with E-state index < -0.39 is 0 Å². The van der Waals surface area contributed by atoms with Crippen molar-refractivity contribution in [3.63, 3.8) is 0 Å². The van der Waals surface area contributed by atoms with Gasteiger partial charge in [0.1, 0.15) is 11.5 Å². The van der Waals surface area contributed by atoms with Crippen LogP contribution in [0.3, 0.4) is 0 Å². The average molecular weight is 491 g/mol. The number of likely N-dealkylation sites (tertiary alicyclic amines) is 1. The van der Waals surface area contributed by atoms with Gasteiger partial charge in [-0.15, -0.1) is 11.3 Å². The van der Waals surface area contributed by atoms with Crippen molar-refractivity contribution in [1.82, 2.24) is 14.9 Å². The first kappa shape index (κ1) is 23.9. The van der Waals surface area contributed by atoms with Crippen molar-refractivity contribution in [3.05, 3.63) is 51.0 Å². The van der Waals surface area contributed by atoms with Crippen molar-refractivity contribution in [1.29, 1.82) is 0 Å². The fourth-order valence-electron chi connectivity index (χ4n) is 5.38. The summed E-state index contributed by atoms with van der Waals surface area (Å²) in [5, 5.41) is 5.35. The summed E-state index contributed by atoms with van der Waals surface area (Å²) in [5.74, 6) is 1.05. The molecule has 0 saturated carbocycles. The number of nitrogens with zero attached hydrogens (tertiary/aromatic N) is 3. The summed E-state index contributed by atoms with van der Waals surface area (Å²) in [7, 11) is 0. The van der Waals surface area contributed by atoms with Crippen LogP contribution >= 0.6 is 11.3 Å². The summed E-state index contributed by atoms with van der Waals surface area (Å²) < 4.78 is 0. The van der Waals surface area contributed by atoms with Gasteiger partial charge >= 0.3 is 0 Å². The number of benzene rings is 1. The molecule has 2 aliphatic rings. The second kappa shape index (κ2) is 8.70. The Kier molecular flexibility index (Phi) is 5.94. The highest BCUT2D eigenvalue weighted by Gasteiger charge is 2.44. The lowest BCUT2D eigenvalue weighted by Gasteiger charge is -2.43. The van der Waals surface area contributed by atoms with Crippen molar-refractivity contribution in [2.45, 2.75) is 65.7 Å². The van der Waals surface area contributed by atoms with Crippen LogP contribution in [0, 0.1) is 12.3 Å². The van der Waals surface area contributed by atoms with Crippen molar-refractivity contribution < 1.29 is 9.59 Å². The van der Waals surface area contributed by atoms with Gasteiger partial charge in [0.25, 0.3) is 5.91 Å². The highest BCUT2D eigenvalue weighted by Crippen LogP contribution is 2.46. The molecular formula is C28H34N4O2S. The fraction of sp³-hybridized carbons (Fsp3) is 0.500. The minimum Gasteiger partial charge on any atom is -0.370 e. The van der Waals surface area contributed by atoms with Gasteiger partial charge in [0, 0.05) is 47.3 Å². The van der Waals surface area contributed by atoms with Crippen LogP contribution in [-0.4, -0.2) is 46.2 Å². The number of aromatic nitrogens is 2. The number of ketones is 1. The third-order valence-electron chi connectivity index (χ3n) is 7.40. The number of carbonyl (C=O) groups is 2. The third kappa shape index (κ3) is 4.46. The molecule has 184 valence electrons. The zero-order chi connectivity index (χ0) is 25.0. The molecule has 2 aromatic heterocycles. The maximum Gasteiger partial charge on any atom is 0.253 e. The summed E-state index contributed by atoms with van der Waals surface area (Å²) in [6.45, 7) is 12.7. The standard InChI is InChI=1S/C28H34N4O2S/c1-6-29-23-8-7-19-17(2)13-18(14-20(19)30-23)25(34)32-11-9-28(10-12-32)15-21(33)24-22(16-28)35-26(31-24)27(3,4)5/h7-8,13-14H,6,9-12,15-16H2,1-5H3,(H,29,30). The van der Waals surface area contributed by atoms with Gasteiger partial charge in [-0.05, 0) is 68.4 Å². The molecule has 1 amide bonds. The maximum atomic E-state index is 13.5. The summed E-state index contributed by atoms with van der Waals surface area (Å²) >= 11 is 1.70. The second-order valence-electron chi connectivity index (χ2n) is 11.2. The quantitative estimate of drug-likeness (QED) is 0.504. The van der Waals surface area contributed by atoms with Crippen LogP contribution in [0.15, 0.2) is 24.3 Å². The first-order valence-electron chi connectivity index (χ1n) is 12.6. The Morgan fingerprint density at radius 2 is 1.89 bits per heavy atom. The van der Waals surface area contributed by atoms with E-state index in [0.717, 1.165) is 58.0 Å². The predicted molar refractivity (Wildman–Crippen MR) is 142 cm³/mol. The van der Waals surface area contributed by atoms with Crippen LogP contribution < -0.4 is 5.32 Å². The SMILES string of the molecule is CCNc1ccc2c(C)cc(C(=O)N3CCC4(CC3)CC(=O)c3nc(C(C)(C)C)sc3C4)cc2n1. The largest absolute Gasteiger partial charge is 0.370 e. The number of rotatable bonds is 3. The van der Waals surface area contributed by atoms with Crippen LogP contribution in [0.5, 0.6) is 0 Å². The lowest BCUT2D eigenvalue weighted by Crippen LogP contribution is -2.46. The number of piperidine rings is 1. The number of hydrogen-bond donors (Lipinski definition) is 1. The molecule has 1 aliphatic carbocycles. The molecule has 3 heterocycles. The number of aryl methyl sites for hydroxylation is 1. The minimum atomic E-state index is -0.0515. The Balaban J connectivity index is 1.33. The molecule has 0 unspecified atom stereocenters. The number of fused-ring (bicyclic) bond motifs is 2. The van der Waals surface area contributed by atoms with Crippen LogP contribution in [0.1, 0.15) is 83.3 Å². The molecule has 6 nitrogen and oxygen atoms in total. The van der Waals surface area contributed by atoms with Gasteiger partial charge in [0.2, 0.25) is 0 Å². The molecule has 0 bridgehead atoms. The molecule has 0 radical (unpaired) electrons. The van der Waals surface area contributed by atoms with Gasteiger partial charge in [0.15, 0.2) is 5.78 Å². The van der Waals surface area contributed by atoms with Gasteiger partial charge in [0.05, 0.1) is 10.5 Å². The van der Waals surface area contributed by atoms with E-state index in [2.05, 4.69) is 32.2 Å². The van der Waals surface area contributed by atoms with Gasteiger partial charge in [-0.2, -0.15) is 0 Å². The van der Waals surface area contributed by atoms with Crippen molar-refractivity contribution in [2.24, 2.45) is 5.41 Å². The molecule has 1 N–H and O–H groups in total. The number of anilines is 1. The number of pyridine rings is 1. The number of nitrogens with one attached hydrogen (secondary N) is 1. The zero-order valence-electron chi connectivity index (χ0n) is 21.3. The number of amides is 1. The first-order valence-corrected chi connectivity index (χ1v) is 13.4. The van der Waals surface area contributed by atoms with Crippen molar-refractivity contribution in [2.75, 3.05) is 25.0 Å². The van der Waals surface area contributed by atoms with E-state index in [9.17, 15) is 9.59 Å². The number of Topliss-reactive ketones (excluding diaryl/α,β-unsaturated/α-hetero) is 1. The topological polar surface area (TPSA) is 75.2 Å². The molecule has 7 heteroatoms. The maximum absolute atomic E-state index is 13.5. The normalized spacial score (nSPS) is 17.6. The highest BCUT2D eigenvalue weighted by atomic mass is 32.1. The molecule has 3 aromatic rings. The zero-order valence-corrected chi connectivity index (χ0v) is 22.1. The lowest BCUT2D eigenvalue weighted by atomic mass is 9.68. The van der Waals surface area contributed by atoms with Crippen LogP contribution in [0.25, 0.3) is 10.9 Å². The van der Waals surface area contributed by atoms with E-state index in [1.54, 1.807) is 11.3 Å². The van der Waals surface area contributed by atoms with Crippen LogP contribution in [0.2, 0.25) is 0 Å². The molecule has 1 saturated heterocycles. The molecule has 1 aromatic carbocycles. The fourth-order valence-corrected chi connectivity index (χ4v) is 6.69. The van der Waals surface area contributed by atoms with Gasteiger partial charge in [-0.1, -0.05) is 20.8 Å². The Morgan fingerprint density at radius 3 is 2.57 bits per heavy atom. The third-order valence-corrected chi connectivity index (χ3v) is 8.89. The van der Waals surface area contributed by atoms with E-state index >= 15 is 0 Å². The summed E-state index contributed by atoms with van der Waals surface area (Å²) in [6.07, 6.45) is 3.14. The van der Waals surface area contributed by atoms with E-state index in [-0.39, 0.29) is 22.5 Å². The van der Waals surface area contributed by atoms with E-state index in [0.29, 0.717) is 30.8 Å². The van der Waals surface area contributed by atoms with Gasteiger partial charge in [-0.25, -0.2) is 9.97 Å². The van der Waals surface area contributed by atoms with Gasteiger partial charge < -0.3 is 10.2 Å². The number of thiazole rings is 1. The van der Waals surface area contributed by atoms with Crippen molar-refractivity contribution in [3.8, 4) is 0 Å². The van der Waals surface area contributed by atoms with Crippen LogP contribution in [0.4, 0.5) is 5.82 Å². The molecule has 1 spiro atoms. The van der Waals surface area contributed by atoms with Crippen LogP contribution in [-0.2, 0) is 11.8 Å². The molecular weight excluding hydrogens is 456 g/mol. The Hall–Kier alpha value is -2.80. The predicted octanol–water partition coefficient (Wildman–Crippen LogP) is 5.78. The summed E-state index contributed by atoms with van der Waals surface area (Å²) in [5.41, 5.74) is 3.17. The lowest BCUT2D eigenvalue weighted by molar-refractivity contribution is 0.0522. The number of carbonyl (C=O) groups excluding carboxylic acids is 2. The molecule has 5 rings (SSSR count). The Labute approximate surface area is 211 Å². The molecule has 0 atom stereocenters. The van der Waals surface area contributed by atoms with Crippen molar-refractivity contribution >= 4 is 39.7 Å². The van der Waals surface area contributed by atoms with E-state index in [1.807, 2.05) is 36.9 Å². The Morgan fingerprint density at radius 1 is 1.14 bits per heavy atom. The monoisotopic (exact) mass is 490 g/mol. The smallest absolute Gasteiger partial charge is 0.253 e. The summed E-state index contributed by atoms with van der Waals surface area (Å²) in [6, 6.07) is 7.94. The first-order chi connectivity index (χ1) is 16.6. The average Bonchev–Trinajstić information content (AvgIpc) is 3.24. The van der Waals surface area contributed by atoms with Gasteiger partial charge in [-0.3, -0.25) is 9.59 Å². The minimum absolute atomic E-state index is 0.0502. The molecule has 35 heavy (non-hydrogen) atoms. The Bertz CT molecular complexity index is 1310. The summed E-state index contributed by atoms with van der Waals surface area (Å²) in [4.78, 5) is 39.0. The number of hydrogen-bond acceptors (Lipinski definition) is 6. The highest BCUT2D eigenvalue weighted by molar-refractivity contribution is 7.12. The van der Waals surface area contributed by atoms with E-state index in [4.69, 9.17) is 9.97 Å². The molecule has 1 aliphatic heterocycles. The second-order valence-corrected chi connectivity index (χ2v) is 12.3.